The van der Waals surface area contributed by atoms with E-state index in [4.69, 9.17) is 27.3 Å². The standard InChI is InChI=1S/C14H13ClN4O2S/c1-2-21-14-9(6-16)10(17)5-11(19-14)13(20)18-7-8-3-4-12(15)22-8/h3-5H,2,7H2,1H3,(H2,17,19)(H,18,20). The summed E-state index contributed by atoms with van der Waals surface area (Å²) < 4.78 is 5.91. The van der Waals surface area contributed by atoms with E-state index in [0.717, 1.165) is 4.88 Å². The van der Waals surface area contributed by atoms with Gasteiger partial charge in [-0.3, -0.25) is 4.79 Å². The highest BCUT2D eigenvalue weighted by Crippen LogP contribution is 2.23. The molecule has 0 saturated heterocycles. The van der Waals surface area contributed by atoms with E-state index >= 15 is 0 Å². The van der Waals surface area contributed by atoms with Crippen LogP contribution in [0.4, 0.5) is 5.69 Å². The van der Waals surface area contributed by atoms with Crippen LogP contribution in [0.15, 0.2) is 18.2 Å². The van der Waals surface area contributed by atoms with E-state index in [2.05, 4.69) is 10.3 Å². The smallest absolute Gasteiger partial charge is 0.270 e. The maximum absolute atomic E-state index is 12.1. The van der Waals surface area contributed by atoms with E-state index in [1.54, 1.807) is 13.0 Å². The Bertz CT molecular complexity index is 739. The molecule has 0 radical (unpaired) electrons. The third-order valence-corrected chi connectivity index (χ3v) is 3.93. The van der Waals surface area contributed by atoms with Gasteiger partial charge in [-0.05, 0) is 25.1 Å². The van der Waals surface area contributed by atoms with Crippen LogP contribution >= 0.6 is 22.9 Å². The summed E-state index contributed by atoms with van der Waals surface area (Å²) in [7, 11) is 0. The number of thiophene rings is 1. The fraction of sp³-hybridized carbons (Fsp3) is 0.214. The fourth-order valence-corrected chi connectivity index (χ4v) is 2.74. The van der Waals surface area contributed by atoms with E-state index in [1.807, 2.05) is 12.1 Å². The number of nitrogens with one attached hydrogen (secondary N) is 1. The molecule has 114 valence electrons. The number of anilines is 1. The molecule has 3 N–H and O–H groups in total. The van der Waals surface area contributed by atoms with Gasteiger partial charge in [0.05, 0.1) is 23.2 Å². The number of nitriles is 1. The first kappa shape index (κ1) is 16.1. The molecule has 0 fully saturated rings. The number of ether oxygens (including phenoxy) is 1. The van der Waals surface area contributed by atoms with Gasteiger partial charge >= 0.3 is 0 Å². The molecule has 0 bridgehead atoms. The molecule has 0 saturated carbocycles. The van der Waals surface area contributed by atoms with Crippen LogP contribution in [0.5, 0.6) is 5.88 Å². The van der Waals surface area contributed by atoms with Crippen LogP contribution in [-0.2, 0) is 6.54 Å². The number of amides is 1. The Kier molecular flexibility index (Phi) is 5.20. The number of nitrogens with two attached hydrogens (primary N) is 1. The molecule has 22 heavy (non-hydrogen) atoms. The zero-order valence-electron chi connectivity index (χ0n) is 11.7. The van der Waals surface area contributed by atoms with Crippen molar-refractivity contribution in [1.29, 1.82) is 5.26 Å². The molecule has 1 amide bonds. The zero-order valence-corrected chi connectivity index (χ0v) is 13.3. The summed E-state index contributed by atoms with van der Waals surface area (Å²) in [4.78, 5) is 17.1. The number of rotatable bonds is 5. The van der Waals surface area contributed by atoms with Gasteiger partial charge in [0.25, 0.3) is 5.91 Å². The second-order valence-corrected chi connectivity index (χ2v) is 6.01. The van der Waals surface area contributed by atoms with Gasteiger partial charge in [0.1, 0.15) is 17.3 Å². The summed E-state index contributed by atoms with van der Waals surface area (Å²) in [6.45, 7) is 2.41. The van der Waals surface area contributed by atoms with Crippen LogP contribution in [0.1, 0.15) is 27.9 Å². The minimum atomic E-state index is -0.401. The molecule has 2 aromatic heterocycles. The summed E-state index contributed by atoms with van der Waals surface area (Å²) in [6.07, 6.45) is 0. The van der Waals surface area contributed by atoms with Crippen molar-refractivity contribution in [3.63, 3.8) is 0 Å². The number of aromatic nitrogens is 1. The maximum Gasteiger partial charge on any atom is 0.270 e. The molecule has 0 aliphatic carbocycles. The largest absolute Gasteiger partial charge is 0.477 e. The predicted molar refractivity (Wildman–Crippen MR) is 85.0 cm³/mol. The van der Waals surface area contributed by atoms with Gasteiger partial charge in [-0.15, -0.1) is 11.3 Å². The lowest BCUT2D eigenvalue weighted by molar-refractivity contribution is 0.0945. The SMILES string of the molecule is CCOc1nc(C(=O)NCc2ccc(Cl)s2)cc(N)c1C#N. The van der Waals surface area contributed by atoms with Crippen molar-refractivity contribution in [2.24, 2.45) is 0 Å². The normalized spacial score (nSPS) is 10.0. The van der Waals surface area contributed by atoms with Gasteiger partial charge < -0.3 is 15.8 Å². The number of halogens is 1. The second kappa shape index (κ2) is 7.11. The van der Waals surface area contributed by atoms with Gasteiger partial charge in [0.15, 0.2) is 0 Å². The van der Waals surface area contributed by atoms with Crippen LogP contribution in [0, 0.1) is 11.3 Å². The van der Waals surface area contributed by atoms with E-state index in [0.29, 0.717) is 17.5 Å². The first-order valence-electron chi connectivity index (χ1n) is 6.41. The van der Waals surface area contributed by atoms with Crippen LogP contribution < -0.4 is 15.8 Å². The van der Waals surface area contributed by atoms with Crippen molar-refractivity contribution in [3.05, 3.63) is 38.7 Å². The van der Waals surface area contributed by atoms with E-state index < -0.39 is 5.91 Å². The summed E-state index contributed by atoms with van der Waals surface area (Å²) in [5.74, 6) is -0.337. The van der Waals surface area contributed by atoms with Crippen molar-refractivity contribution >= 4 is 34.5 Å². The molecule has 0 aliphatic heterocycles. The van der Waals surface area contributed by atoms with E-state index in [9.17, 15) is 4.79 Å². The molecule has 0 atom stereocenters. The Morgan fingerprint density at radius 3 is 2.95 bits per heavy atom. The average Bonchev–Trinajstić information content (AvgIpc) is 2.90. The summed E-state index contributed by atoms with van der Waals surface area (Å²) in [6, 6.07) is 6.87. The second-order valence-electron chi connectivity index (χ2n) is 4.21. The molecule has 2 rings (SSSR count). The third-order valence-electron chi connectivity index (χ3n) is 2.69. The first-order chi connectivity index (χ1) is 10.5. The van der Waals surface area contributed by atoms with Crippen LogP contribution in [0.3, 0.4) is 0 Å². The Balaban J connectivity index is 2.17. The average molecular weight is 337 g/mol. The number of hydrogen-bond acceptors (Lipinski definition) is 6. The van der Waals surface area contributed by atoms with Gasteiger partial charge in [0.2, 0.25) is 5.88 Å². The quantitative estimate of drug-likeness (QED) is 0.873. The molecule has 8 heteroatoms. The molecular weight excluding hydrogens is 324 g/mol. The van der Waals surface area contributed by atoms with Gasteiger partial charge in [0, 0.05) is 4.88 Å². The lowest BCUT2D eigenvalue weighted by Crippen LogP contribution is -2.24. The molecule has 0 spiro atoms. The Hall–Kier alpha value is -2.30. The van der Waals surface area contributed by atoms with Crippen molar-refractivity contribution in [2.45, 2.75) is 13.5 Å². The molecular formula is C14H13ClN4O2S. The molecule has 0 aliphatic rings. The highest BCUT2D eigenvalue weighted by atomic mass is 35.5. The summed E-state index contributed by atoms with van der Waals surface area (Å²) in [5.41, 5.74) is 6.16. The fourth-order valence-electron chi connectivity index (χ4n) is 1.72. The number of nitrogen functional groups attached to an aromatic ring is 1. The Morgan fingerprint density at radius 1 is 1.59 bits per heavy atom. The van der Waals surface area contributed by atoms with Gasteiger partial charge in [-0.25, -0.2) is 4.98 Å². The highest BCUT2D eigenvalue weighted by Gasteiger charge is 2.16. The number of pyridine rings is 1. The third kappa shape index (κ3) is 3.67. The Morgan fingerprint density at radius 2 is 2.36 bits per heavy atom. The molecule has 6 nitrogen and oxygen atoms in total. The molecule has 0 aromatic carbocycles. The van der Waals surface area contributed by atoms with Crippen molar-refractivity contribution < 1.29 is 9.53 Å². The zero-order chi connectivity index (χ0) is 16.1. The molecule has 2 aromatic rings. The highest BCUT2D eigenvalue weighted by molar-refractivity contribution is 7.16. The topological polar surface area (TPSA) is 101 Å². The lowest BCUT2D eigenvalue weighted by Gasteiger charge is -2.09. The lowest BCUT2D eigenvalue weighted by atomic mass is 10.2. The molecule has 0 unspecified atom stereocenters. The van der Waals surface area contributed by atoms with E-state index in [-0.39, 0.29) is 22.8 Å². The van der Waals surface area contributed by atoms with Crippen molar-refractivity contribution in [2.75, 3.05) is 12.3 Å². The van der Waals surface area contributed by atoms with Gasteiger partial charge in [-0.1, -0.05) is 11.6 Å². The van der Waals surface area contributed by atoms with Gasteiger partial charge in [-0.2, -0.15) is 5.26 Å². The predicted octanol–water partition coefficient (Wildman–Crippen LogP) is 2.58. The minimum Gasteiger partial charge on any atom is -0.477 e. The van der Waals surface area contributed by atoms with Crippen LogP contribution in [0.25, 0.3) is 0 Å². The maximum atomic E-state index is 12.1. The number of carbonyl (C=O) groups excluding carboxylic acids is 1. The van der Waals surface area contributed by atoms with Crippen LogP contribution in [0.2, 0.25) is 4.34 Å². The number of hydrogen-bond donors (Lipinski definition) is 2. The minimum absolute atomic E-state index is 0.0642. The van der Waals surface area contributed by atoms with Crippen molar-refractivity contribution in [3.8, 4) is 11.9 Å². The summed E-state index contributed by atoms with van der Waals surface area (Å²) >= 11 is 7.22. The summed E-state index contributed by atoms with van der Waals surface area (Å²) in [5, 5.41) is 11.8. The number of nitrogens with zero attached hydrogens (tertiary/aromatic N) is 2. The van der Waals surface area contributed by atoms with Crippen molar-refractivity contribution in [1.82, 2.24) is 10.3 Å². The monoisotopic (exact) mass is 336 g/mol. The van der Waals surface area contributed by atoms with Crippen LogP contribution in [-0.4, -0.2) is 17.5 Å². The number of carbonyl (C=O) groups is 1. The first-order valence-corrected chi connectivity index (χ1v) is 7.60. The Labute approximate surface area is 136 Å². The van der Waals surface area contributed by atoms with E-state index in [1.165, 1.54) is 17.4 Å². The molecule has 2 heterocycles.